The summed E-state index contributed by atoms with van der Waals surface area (Å²) in [4.78, 5) is 6.56. The largest absolute Gasteiger partial charge is 0.407 e. The molecule has 1 aliphatic rings. The summed E-state index contributed by atoms with van der Waals surface area (Å²) < 4.78 is 72.5. The van der Waals surface area contributed by atoms with Gasteiger partial charge in [0.1, 0.15) is 17.5 Å². The number of aliphatic imine (C=N–C) groups is 1. The summed E-state index contributed by atoms with van der Waals surface area (Å²) in [5.74, 6) is -5.68. The normalized spacial score (nSPS) is 16.5. The molecule has 5 nitrogen and oxygen atoms in total. The standard InChI is InChI=1S/C20H15F5N4O/c21-10-3-1-9(2-4-10)16-15(13-5-11(22)6-14(23)17(13)29-16)18(26)30-19(27)28-12-7-20(24,25)8-12/h1-6,12,26,29H,7-8H2,(H2,27,28). The summed E-state index contributed by atoms with van der Waals surface area (Å²) in [6.07, 6.45) is -0.955. The smallest absolute Gasteiger partial charge is 0.289 e. The van der Waals surface area contributed by atoms with Gasteiger partial charge in [0.15, 0.2) is 0 Å². The minimum Gasteiger partial charge on any atom is -0.407 e. The molecule has 1 heterocycles. The van der Waals surface area contributed by atoms with E-state index in [1.165, 1.54) is 24.3 Å². The first-order chi connectivity index (χ1) is 14.1. The van der Waals surface area contributed by atoms with Crippen LogP contribution < -0.4 is 5.73 Å². The molecular weight excluding hydrogens is 407 g/mol. The Morgan fingerprint density at radius 3 is 2.40 bits per heavy atom. The van der Waals surface area contributed by atoms with Crippen molar-refractivity contribution in [1.29, 1.82) is 5.41 Å². The van der Waals surface area contributed by atoms with Gasteiger partial charge in [0, 0.05) is 24.3 Å². The number of benzene rings is 2. The van der Waals surface area contributed by atoms with Crippen molar-refractivity contribution in [3.05, 3.63) is 59.4 Å². The van der Waals surface area contributed by atoms with E-state index in [-0.39, 0.29) is 22.2 Å². The number of halogens is 5. The molecule has 156 valence electrons. The Morgan fingerprint density at radius 1 is 1.10 bits per heavy atom. The number of ether oxygens (including phenoxy) is 1. The van der Waals surface area contributed by atoms with Crippen molar-refractivity contribution in [2.75, 3.05) is 0 Å². The first-order valence-corrected chi connectivity index (χ1v) is 8.87. The Morgan fingerprint density at radius 2 is 1.77 bits per heavy atom. The molecule has 0 radical (unpaired) electrons. The number of nitrogens with two attached hydrogens (primary N) is 1. The number of aromatic nitrogens is 1. The number of hydrogen-bond acceptors (Lipinski definition) is 3. The van der Waals surface area contributed by atoms with E-state index in [9.17, 15) is 22.0 Å². The topological polar surface area (TPSA) is 87.2 Å². The van der Waals surface area contributed by atoms with Crippen molar-refractivity contribution in [3.63, 3.8) is 0 Å². The highest BCUT2D eigenvalue weighted by Crippen LogP contribution is 2.39. The zero-order valence-corrected chi connectivity index (χ0v) is 15.3. The van der Waals surface area contributed by atoms with E-state index < -0.39 is 54.2 Å². The third kappa shape index (κ3) is 3.72. The zero-order chi connectivity index (χ0) is 21.6. The van der Waals surface area contributed by atoms with Gasteiger partial charge in [-0.15, -0.1) is 0 Å². The van der Waals surface area contributed by atoms with Crippen molar-refractivity contribution in [2.24, 2.45) is 10.7 Å². The highest BCUT2D eigenvalue weighted by atomic mass is 19.3. The van der Waals surface area contributed by atoms with Crippen LogP contribution in [0.5, 0.6) is 0 Å². The van der Waals surface area contributed by atoms with E-state index in [0.29, 0.717) is 11.6 Å². The molecule has 2 aromatic carbocycles. The van der Waals surface area contributed by atoms with E-state index in [1.54, 1.807) is 0 Å². The van der Waals surface area contributed by atoms with E-state index >= 15 is 0 Å². The molecule has 1 saturated carbocycles. The Kier molecular flexibility index (Phi) is 4.71. The lowest BCUT2D eigenvalue weighted by molar-refractivity contribution is -0.0836. The lowest BCUT2D eigenvalue weighted by Gasteiger charge is -2.31. The molecule has 4 N–H and O–H groups in total. The Labute approximate surface area is 166 Å². The van der Waals surface area contributed by atoms with Crippen molar-refractivity contribution < 1.29 is 26.7 Å². The Hall–Kier alpha value is -3.43. The number of aromatic amines is 1. The molecule has 30 heavy (non-hydrogen) atoms. The van der Waals surface area contributed by atoms with Crippen molar-refractivity contribution in [2.45, 2.75) is 24.8 Å². The van der Waals surface area contributed by atoms with Crippen LogP contribution >= 0.6 is 0 Å². The van der Waals surface area contributed by atoms with Crippen LogP contribution in [0.15, 0.2) is 41.4 Å². The minimum atomic E-state index is -2.80. The maximum atomic E-state index is 14.3. The Balaban J connectivity index is 1.74. The van der Waals surface area contributed by atoms with Gasteiger partial charge in [0.2, 0.25) is 5.90 Å². The first-order valence-electron chi connectivity index (χ1n) is 8.87. The second-order valence-electron chi connectivity index (χ2n) is 7.01. The number of amidine groups is 1. The Bertz CT molecular complexity index is 1160. The van der Waals surface area contributed by atoms with Gasteiger partial charge in [0.25, 0.3) is 11.9 Å². The average Bonchev–Trinajstić information content (AvgIpc) is 3.00. The third-order valence-corrected chi connectivity index (χ3v) is 4.77. The van der Waals surface area contributed by atoms with Gasteiger partial charge >= 0.3 is 0 Å². The van der Waals surface area contributed by atoms with Crippen LogP contribution in [0.25, 0.3) is 22.2 Å². The molecule has 0 saturated heterocycles. The molecule has 0 spiro atoms. The highest BCUT2D eigenvalue weighted by molar-refractivity contribution is 6.13. The summed E-state index contributed by atoms with van der Waals surface area (Å²) in [5.41, 5.74) is 6.05. The number of rotatable bonds is 3. The molecule has 4 rings (SSSR count). The van der Waals surface area contributed by atoms with Gasteiger partial charge in [-0.1, -0.05) is 0 Å². The van der Waals surface area contributed by atoms with Gasteiger partial charge in [-0.2, -0.15) is 0 Å². The second kappa shape index (κ2) is 7.12. The maximum Gasteiger partial charge on any atom is 0.289 e. The molecule has 1 fully saturated rings. The molecule has 1 aromatic heterocycles. The van der Waals surface area contributed by atoms with Crippen LogP contribution in [0.2, 0.25) is 0 Å². The van der Waals surface area contributed by atoms with Gasteiger partial charge in [-0.3, -0.25) is 5.41 Å². The van der Waals surface area contributed by atoms with Crippen LogP contribution in [-0.2, 0) is 4.74 Å². The van der Waals surface area contributed by atoms with Crippen LogP contribution in [0, 0.1) is 22.9 Å². The summed E-state index contributed by atoms with van der Waals surface area (Å²) in [6.45, 7) is 0. The molecule has 3 aromatic rings. The van der Waals surface area contributed by atoms with Crippen LogP contribution in [-0.4, -0.2) is 28.9 Å². The number of alkyl halides is 2. The van der Waals surface area contributed by atoms with Crippen molar-refractivity contribution in [1.82, 2.24) is 4.98 Å². The summed E-state index contributed by atoms with van der Waals surface area (Å²) in [7, 11) is 0. The maximum absolute atomic E-state index is 14.3. The number of nitrogens with zero attached hydrogens (tertiary/aromatic N) is 1. The highest BCUT2D eigenvalue weighted by Gasteiger charge is 2.45. The van der Waals surface area contributed by atoms with Gasteiger partial charge in [-0.05, 0) is 35.9 Å². The van der Waals surface area contributed by atoms with E-state index in [0.717, 1.165) is 6.07 Å². The lowest BCUT2D eigenvalue weighted by atomic mass is 9.89. The predicted octanol–water partition coefficient (Wildman–Crippen LogP) is 4.71. The predicted molar refractivity (Wildman–Crippen MR) is 101 cm³/mol. The molecule has 0 unspecified atom stereocenters. The molecule has 0 aliphatic heterocycles. The van der Waals surface area contributed by atoms with Crippen molar-refractivity contribution in [3.8, 4) is 11.3 Å². The number of fused-ring (bicyclic) bond motifs is 1. The van der Waals surface area contributed by atoms with E-state index in [1.807, 2.05) is 0 Å². The number of H-pyrrole nitrogens is 1. The molecule has 10 heteroatoms. The first kappa shape index (κ1) is 19.9. The van der Waals surface area contributed by atoms with Crippen LogP contribution in [0.3, 0.4) is 0 Å². The minimum absolute atomic E-state index is 0.000183. The quantitative estimate of drug-likeness (QED) is 0.324. The van der Waals surface area contributed by atoms with Gasteiger partial charge in [0.05, 0.1) is 22.8 Å². The lowest BCUT2D eigenvalue weighted by Crippen LogP contribution is -2.40. The van der Waals surface area contributed by atoms with Gasteiger partial charge < -0.3 is 15.5 Å². The zero-order valence-electron chi connectivity index (χ0n) is 15.3. The number of hydrogen-bond donors (Lipinski definition) is 3. The van der Waals surface area contributed by atoms with Crippen molar-refractivity contribution >= 4 is 22.8 Å². The fourth-order valence-corrected chi connectivity index (χ4v) is 3.37. The third-order valence-electron chi connectivity index (χ3n) is 4.77. The van der Waals surface area contributed by atoms with E-state index in [4.69, 9.17) is 15.9 Å². The second-order valence-corrected chi connectivity index (χ2v) is 7.01. The fraction of sp³-hybridized carbons (Fsp3) is 0.200. The molecule has 0 amide bonds. The average molecular weight is 422 g/mol. The molecule has 0 atom stereocenters. The monoisotopic (exact) mass is 422 g/mol. The van der Waals surface area contributed by atoms with Crippen LogP contribution in [0.4, 0.5) is 22.0 Å². The van der Waals surface area contributed by atoms with Crippen LogP contribution in [0.1, 0.15) is 18.4 Å². The van der Waals surface area contributed by atoms with E-state index in [2.05, 4.69) is 9.98 Å². The summed E-state index contributed by atoms with van der Waals surface area (Å²) in [6, 6.07) is 5.54. The fourth-order valence-electron chi connectivity index (χ4n) is 3.37. The summed E-state index contributed by atoms with van der Waals surface area (Å²) in [5, 5.41) is 8.26. The molecule has 1 aliphatic carbocycles. The van der Waals surface area contributed by atoms with Gasteiger partial charge in [-0.25, -0.2) is 26.9 Å². The molecule has 0 bridgehead atoms. The summed E-state index contributed by atoms with van der Waals surface area (Å²) >= 11 is 0. The SMILES string of the molecule is N=C(OC(N)=NC1CC(F)(F)C1)c1c(-c2ccc(F)cc2)[nH]c2c(F)cc(F)cc12. The number of nitrogens with one attached hydrogen (secondary N) is 2. The molecular formula is C20H15F5N4O.